The number of carbonyl (C=O) groups excluding carboxylic acids is 2. The second kappa shape index (κ2) is 7.81. The number of anilines is 1. The maximum Gasteiger partial charge on any atom is 0.301 e. The van der Waals surface area contributed by atoms with Crippen LogP contribution in [-0.4, -0.2) is 26.8 Å². The lowest BCUT2D eigenvalue weighted by atomic mass is 9.95. The monoisotopic (exact) mass is 465 g/mol. The van der Waals surface area contributed by atoms with Gasteiger partial charge >= 0.3 is 5.91 Å². The topological polar surface area (TPSA) is 83.4 Å². The van der Waals surface area contributed by atoms with Gasteiger partial charge in [-0.15, -0.1) is 0 Å². The minimum Gasteiger partial charge on any atom is -0.507 e. The first kappa shape index (κ1) is 20.3. The lowest BCUT2D eigenvalue weighted by molar-refractivity contribution is -0.132. The summed E-state index contributed by atoms with van der Waals surface area (Å²) in [5, 5.41) is 11.5. The average Bonchev–Trinajstić information content (AvgIpc) is 3.34. The fourth-order valence-corrected chi connectivity index (χ4v) is 4.98. The molecule has 1 saturated heterocycles. The number of para-hydroxylation sites is 1. The number of rotatable bonds is 3. The molecule has 1 N–H and O–H groups in total. The molecule has 1 aliphatic rings. The van der Waals surface area contributed by atoms with Gasteiger partial charge in [-0.25, -0.2) is 9.37 Å². The van der Waals surface area contributed by atoms with Crippen LogP contribution in [0.2, 0.25) is 5.02 Å². The number of nitrogens with zero attached hydrogens (tertiary/aromatic N) is 3. The molecule has 0 bridgehead atoms. The lowest BCUT2D eigenvalue weighted by Crippen LogP contribution is -2.29. The average molecular weight is 466 g/mol. The van der Waals surface area contributed by atoms with Gasteiger partial charge in [-0.05, 0) is 30.3 Å². The number of aromatic nitrogens is 2. The second-order valence-corrected chi connectivity index (χ2v) is 8.43. The molecule has 0 radical (unpaired) electrons. The summed E-state index contributed by atoms with van der Waals surface area (Å²) in [6.45, 7) is 0. The van der Waals surface area contributed by atoms with Gasteiger partial charge in [0.25, 0.3) is 5.78 Å². The first-order valence-corrected chi connectivity index (χ1v) is 10.7. The Morgan fingerprint density at radius 1 is 1.09 bits per heavy atom. The Hall–Kier alpha value is -3.62. The third kappa shape index (κ3) is 3.16. The van der Waals surface area contributed by atoms with E-state index in [4.69, 9.17) is 11.6 Å². The van der Waals surface area contributed by atoms with E-state index in [9.17, 15) is 19.1 Å². The standard InChI is InChI=1S/C23H13ClFN3O3S/c24-14-7-3-9-16-18(14)27-23(32-16)28-19(13-6-1-2-8-15(13)25)17(21(30)22(28)31)20(29)12-5-4-10-26-11-12/h1-11,19,29H. The summed E-state index contributed by atoms with van der Waals surface area (Å²) in [6, 6.07) is 12.9. The number of ketones is 1. The molecular formula is C23H13ClFN3O3S. The number of Topliss-reactive ketones (excluding diaryl/α,β-unsaturated/α-hetero) is 1. The van der Waals surface area contributed by atoms with E-state index in [1.165, 1.54) is 30.6 Å². The number of halogens is 2. The number of carbonyl (C=O) groups is 2. The van der Waals surface area contributed by atoms with Gasteiger partial charge in [-0.1, -0.05) is 47.2 Å². The summed E-state index contributed by atoms with van der Waals surface area (Å²) in [7, 11) is 0. The van der Waals surface area contributed by atoms with Crippen LogP contribution in [0.25, 0.3) is 16.0 Å². The van der Waals surface area contributed by atoms with Crippen molar-refractivity contribution < 1.29 is 19.1 Å². The van der Waals surface area contributed by atoms with E-state index in [1.54, 1.807) is 36.4 Å². The van der Waals surface area contributed by atoms with Gasteiger partial charge in [0.1, 0.15) is 23.1 Å². The molecule has 3 heterocycles. The van der Waals surface area contributed by atoms with Crippen molar-refractivity contribution in [2.24, 2.45) is 0 Å². The van der Waals surface area contributed by atoms with Gasteiger partial charge in [0.15, 0.2) is 5.13 Å². The zero-order valence-electron chi connectivity index (χ0n) is 16.2. The van der Waals surface area contributed by atoms with Crippen molar-refractivity contribution in [3.8, 4) is 0 Å². The summed E-state index contributed by atoms with van der Waals surface area (Å²) >= 11 is 7.38. The van der Waals surface area contributed by atoms with Crippen molar-refractivity contribution >= 4 is 55.7 Å². The van der Waals surface area contributed by atoms with Gasteiger partial charge in [-0.3, -0.25) is 19.5 Å². The molecule has 1 fully saturated rings. The maximum atomic E-state index is 14.9. The number of aliphatic hydroxyl groups excluding tert-OH is 1. The van der Waals surface area contributed by atoms with E-state index in [1.807, 2.05) is 0 Å². The van der Waals surface area contributed by atoms with E-state index in [2.05, 4.69) is 9.97 Å². The van der Waals surface area contributed by atoms with Crippen molar-refractivity contribution in [3.05, 3.63) is 94.5 Å². The molecule has 6 nitrogen and oxygen atoms in total. The lowest BCUT2D eigenvalue weighted by Gasteiger charge is -2.23. The highest BCUT2D eigenvalue weighted by Crippen LogP contribution is 2.45. The number of thiazole rings is 1. The highest BCUT2D eigenvalue weighted by molar-refractivity contribution is 7.22. The number of fused-ring (bicyclic) bond motifs is 1. The summed E-state index contributed by atoms with van der Waals surface area (Å²) in [5.41, 5.74) is 0.524. The van der Waals surface area contributed by atoms with Gasteiger partial charge in [0.2, 0.25) is 0 Å². The van der Waals surface area contributed by atoms with Crippen molar-refractivity contribution in [1.29, 1.82) is 0 Å². The number of hydrogen-bond donors (Lipinski definition) is 1. The Bertz CT molecular complexity index is 1420. The molecule has 2 aromatic heterocycles. The third-order valence-corrected chi connectivity index (χ3v) is 6.47. The van der Waals surface area contributed by atoms with Crippen LogP contribution >= 0.6 is 22.9 Å². The Labute approximate surface area is 190 Å². The smallest absolute Gasteiger partial charge is 0.301 e. The van der Waals surface area contributed by atoms with Crippen LogP contribution in [0, 0.1) is 5.82 Å². The highest BCUT2D eigenvalue weighted by atomic mass is 35.5. The van der Waals surface area contributed by atoms with Crippen LogP contribution in [0.1, 0.15) is 17.2 Å². The quantitative estimate of drug-likeness (QED) is 0.258. The van der Waals surface area contributed by atoms with Crippen LogP contribution in [0.3, 0.4) is 0 Å². The Kier molecular flexibility index (Phi) is 4.96. The minimum atomic E-state index is -1.21. The Balaban J connectivity index is 1.77. The first-order chi connectivity index (χ1) is 15.5. The maximum absolute atomic E-state index is 14.9. The number of aliphatic hydroxyl groups is 1. The highest BCUT2D eigenvalue weighted by Gasteiger charge is 2.49. The molecule has 0 aliphatic carbocycles. The summed E-state index contributed by atoms with van der Waals surface area (Å²) in [5.74, 6) is -2.92. The van der Waals surface area contributed by atoms with E-state index < -0.39 is 29.3 Å². The zero-order chi connectivity index (χ0) is 22.4. The molecule has 5 rings (SSSR count). The summed E-state index contributed by atoms with van der Waals surface area (Å²) < 4.78 is 15.6. The molecule has 32 heavy (non-hydrogen) atoms. The normalized spacial score (nSPS) is 17.9. The van der Waals surface area contributed by atoms with Crippen LogP contribution in [-0.2, 0) is 9.59 Å². The van der Waals surface area contributed by atoms with Crippen molar-refractivity contribution in [2.75, 3.05) is 4.90 Å². The zero-order valence-corrected chi connectivity index (χ0v) is 17.8. The molecule has 158 valence electrons. The molecule has 1 amide bonds. The summed E-state index contributed by atoms with van der Waals surface area (Å²) in [4.78, 5) is 35.7. The van der Waals surface area contributed by atoms with E-state index >= 15 is 0 Å². The predicted molar refractivity (Wildman–Crippen MR) is 120 cm³/mol. The molecule has 0 saturated carbocycles. The van der Waals surface area contributed by atoms with Gasteiger partial charge in [0, 0.05) is 23.5 Å². The molecule has 2 aromatic carbocycles. The van der Waals surface area contributed by atoms with Gasteiger partial charge in [0.05, 0.1) is 15.3 Å². The second-order valence-electron chi connectivity index (χ2n) is 7.02. The minimum absolute atomic E-state index is 0.0579. The number of hydrogen-bond acceptors (Lipinski definition) is 6. The summed E-state index contributed by atoms with van der Waals surface area (Å²) in [6.07, 6.45) is 2.87. The first-order valence-electron chi connectivity index (χ1n) is 9.48. The third-order valence-electron chi connectivity index (χ3n) is 5.14. The van der Waals surface area contributed by atoms with Crippen molar-refractivity contribution in [3.63, 3.8) is 0 Å². The molecule has 1 unspecified atom stereocenters. The van der Waals surface area contributed by atoms with Gasteiger partial charge < -0.3 is 5.11 Å². The van der Waals surface area contributed by atoms with Crippen LogP contribution in [0.15, 0.2) is 72.6 Å². The van der Waals surface area contributed by atoms with Crippen LogP contribution < -0.4 is 4.90 Å². The molecule has 9 heteroatoms. The largest absolute Gasteiger partial charge is 0.507 e. The number of amides is 1. The van der Waals surface area contributed by atoms with E-state index in [-0.39, 0.29) is 21.8 Å². The number of benzene rings is 2. The molecular weight excluding hydrogens is 453 g/mol. The molecule has 1 aliphatic heterocycles. The SMILES string of the molecule is O=C1C(=O)N(c2nc3c(Cl)cccc3s2)C(c2ccccc2F)C1=C(O)c1cccnc1. The Morgan fingerprint density at radius 2 is 1.91 bits per heavy atom. The van der Waals surface area contributed by atoms with Crippen LogP contribution in [0.4, 0.5) is 9.52 Å². The van der Waals surface area contributed by atoms with Crippen LogP contribution in [0.5, 0.6) is 0 Å². The fraction of sp³-hybridized carbons (Fsp3) is 0.0435. The fourth-order valence-electron chi connectivity index (χ4n) is 3.69. The molecule has 4 aromatic rings. The number of pyridine rings is 1. The molecule has 1 atom stereocenters. The van der Waals surface area contributed by atoms with E-state index in [0.29, 0.717) is 15.2 Å². The van der Waals surface area contributed by atoms with Gasteiger partial charge in [-0.2, -0.15) is 0 Å². The van der Waals surface area contributed by atoms with Crippen molar-refractivity contribution in [1.82, 2.24) is 9.97 Å². The molecule has 0 spiro atoms. The predicted octanol–water partition coefficient (Wildman–Crippen LogP) is 5.11. The van der Waals surface area contributed by atoms with Crippen molar-refractivity contribution in [2.45, 2.75) is 6.04 Å². The Morgan fingerprint density at radius 3 is 2.62 bits per heavy atom. The van der Waals surface area contributed by atoms with E-state index in [0.717, 1.165) is 16.2 Å².